The highest BCUT2D eigenvalue weighted by molar-refractivity contribution is 5.94. The van der Waals surface area contributed by atoms with Crippen LogP contribution in [0.15, 0.2) is 24.3 Å². The van der Waals surface area contributed by atoms with Gasteiger partial charge < -0.3 is 37.0 Å². The number of phenols is 1. The molecule has 0 aromatic heterocycles. The van der Waals surface area contributed by atoms with E-state index in [-0.39, 0.29) is 36.8 Å². The Morgan fingerprint density at radius 1 is 0.757 bits per heavy atom. The first-order valence-electron chi connectivity index (χ1n) is 12.1. The van der Waals surface area contributed by atoms with E-state index in [1.807, 2.05) is 27.7 Å². The van der Waals surface area contributed by atoms with Crippen molar-refractivity contribution in [2.75, 3.05) is 0 Å². The van der Waals surface area contributed by atoms with Crippen LogP contribution in [0.25, 0.3) is 0 Å². The number of carboxylic acid groups (broad SMARTS) is 2. The molecule has 0 aliphatic heterocycles. The molecular formula is C25H38N4O8. The van der Waals surface area contributed by atoms with E-state index in [0.717, 1.165) is 0 Å². The molecule has 0 aliphatic rings. The van der Waals surface area contributed by atoms with E-state index in [1.54, 1.807) is 12.1 Å². The third-order valence-electron chi connectivity index (χ3n) is 5.40. The van der Waals surface area contributed by atoms with Crippen LogP contribution in [0.1, 0.15) is 52.5 Å². The first kappa shape index (κ1) is 31.4. The zero-order valence-electron chi connectivity index (χ0n) is 21.6. The number of rotatable bonds is 15. The molecule has 12 heteroatoms. The molecule has 0 aliphatic carbocycles. The number of aliphatic carboxylic acids is 2. The lowest BCUT2D eigenvalue weighted by atomic mass is 9.99. The predicted molar refractivity (Wildman–Crippen MR) is 134 cm³/mol. The molecule has 1 aromatic carbocycles. The van der Waals surface area contributed by atoms with Gasteiger partial charge in [-0.1, -0.05) is 39.8 Å². The van der Waals surface area contributed by atoms with E-state index < -0.39 is 60.2 Å². The van der Waals surface area contributed by atoms with Crippen LogP contribution < -0.4 is 21.7 Å². The van der Waals surface area contributed by atoms with Gasteiger partial charge in [0.15, 0.2) is 0 Å². The number of carbonyl (C=O) groups is 5. The smallest absolute Gasteiger partial charge is 0.326 e. The van der Waals surface area contributed by atoms with Gasteiger partial charge in [0.25, 0.3) is 0 Å². The topological polar surface area (TPSA) is 208 Å². The van der Waals surface area contributed by atoms with Crippen LogP contribution in [0, 0.1) is 11.8 Å². The molecule has 4 atom stereocenters. The molecular weight excluding hydrogens is 484 g/mol. The number of benzene rings is 1. The highest BCUT2D eigenvalue weighted by Gasteiger charge is 2.31. The molecule has 0 radical (unpaired) electrons. The lowest BCUT2D eigenvalue weighted by Crippen LogP contribution is -2.57. The highest BCUT2D eigenvalue weighted by atomic mass is 16.4. The van der Waals surface area contributed by atoms with E-state index in [1.165, 1.54) is 12.1 Å². The van der Waals surface area contributed by atoms with Crippen LogP contribution in [-0.4, -0.2) is 69.1 Å². The van der Waals surface area contributed by atoms with Gasteiger partial charge in [-0.25, -0.2) is 4.79 Å². The fourth-order valence-electron chi connectivity index (χ4n) is 3.58. The van der Waals surface area contributed by atoms with Crippen LogP contribution >= 0.6 is 0 Å². The van der Waals surface area contributed by atoms with Crippen LogP contribution in [-0.2, 0) is 30.4 Å². The Hall–Kier alpha value is -3.67. The number of aromatic hydroxyl groups is 1. The molecule has 37 heavy (non-hydrogen) atoms. The Balaban J connectivity index is 3.02. The Morgan fingerprint density at radius 3 is 1.59 bits per heavy atom. The summed E-state index contributed by atoms with van der Waals surface area (Å²) in [5.41, 5.74) is 6.19. The number of carbonyl (C=O) groups excluding carboxylic acids is 3. The second kappa shape index (κ2) is 14.8. The number of phenolic OH excluding ortho intramolecular Hbond substituents is 1. The van der Waals surface area contributed by atoms with E-state index in [9.17, 15) is 34.2 Å². The standard InChI is InChI=1S/C25H38N4O8/c1-13(2)9-18(27-22(33)17(26)12-21(31)32)23(34)28-19(10-14(3)4)24(35)29-20(25(36)37)11-15-5-7-16(30)8-6-15/h5-8,13-14,17-20,30H,9-12,26H2,1-4H3,(H,27,33)(H,28,34)(H,29,35)(H,31,32)(H,36,37). The Morgan fingerprint density at radius 2 is 1.19 bits per heavy atom. The van der Waals surface area contributed by atoms with Gasteiger partial charge in [-0.05, 0) is 42.4 Å². The van der Waals surface area contributed by atoms with Crippen molar-refractivity contribution < 1.29 is 39.3 Å². The molecule has 3 amide bonds. The monoisotopic (exact) mass is 522 g/mol. The van der Waals surface area contributed by atoms with Crippen molar-refractivity contribution in [1.29, 1.82) is 0 Å². The normalized spacial score (nSPS) is 14.4. The Kier molecular flexibility index (Phi) is 12.5. The summed E-state index contributed by atoms with van der Waals surface area (Å²) in [6.45, 7) is 7.30. The highest BCUT2D eigenvalue weighted by Crippen LogP contribution is 2.13. The number of nitrogens with one attached hydrogen (secondary N) is 3. The Labute approximate surface area is 216 Å². The maximum Gasteiger partial charge on any atom is 0.326 e. The molecule has 4 unspecified atom stereocenters. The lowest BCUT2D eigenvalue weighted by molar-refractivity contribution is -0.142. The van der Waals surface area contributed by atoms with Crippen molar-refractivity contribution in [3.63, 3.8) is 0 Å². The molecule has 1 aromatic rings. The van der Waals surface area contributed by atoms with Gasteiger partial charge in [-0.2, -0.15) is 0 Å². The van der Waals surface area contributed by atoms with Gasteiger partial charge in [-0.15, -0.1) is 0 Å². The summed E-state index contributed by atoms with van der Waals surface area (Å²) in [6.07, 6.45) is -0.259. The molecule has 0 fully saturated rings. The maximum absolute atomic E-state index is 13.1. The fraction of sp³-hybridized carbons (Fsp3) is 0.560. The average molecular weight is 523 g/mol. The molecule has 0 saturated heterocycles. The number of hydrogen-bond donors (Lipinski definition) is 7. The summed E-state index contributed by atoms with van der Waals surface area (Å²) >= 11 is 0. The summed E-state index contributed by atoms with van der Waals surface area (Å²) in [5.74, 6) is -4.78. The summed E-state index contributed by atoms with van der Waals surface area (Å²) in [5, 5.41) is 35.4. The van der Waals surface area contributed by atoms with Crippen LogP contribution in [0.3, 0.4) is 0 Å². The van der Waals surface area contributed by atoms with Crippen molar-refractivity contribution in [2.45, 2.75) is 77.5 Å². The molecule has 8 N–H and O–H groups in total. The van der Waals surface area contributed by atoms with Crippen LogP contribution in [0.4, 0.5) is 0 Å². The predicted octanol–water partition coefficient (Wildman–Crippen LogP) is 0.368. The summed E-state index contributed by atoms with van der Waals surface area (Å²) < 4.78 is 0. The molecule has 0 spiro atoms. The van der Waals surface area contributed by atoms with Crippen molar-refractivity contribution in [3.8, 4) is 5.75 Å². The fourth-order valence-corrected chi connectivity index (χ4v) is 3.58. The molecule has 0 saturated carbocycles. The minimum Gasteiger partial charge on any atom is -0.508 e. The first-order valence-corrected chi connectivity index (χ1v) is 12.1. The second-order valence-corrected chi connectivity index (χ2v) is 9.86. The first-order chi connectivity index (χ1) is 17.2. The lowest BCUT2D eigenvalue weighted by Gasteiger charge is -2.26. The summed E-state index contributed by atoms with van der Waals surface area (Å²) in [6, 6.07) is 1.08. The van der Waals surface area contributed by atoms with Crippen molar-refractivity contribution in [2.24, 2.45) is 17.6 Å². The van der Waals surface area contributed by atoms with Gasteiger partial charge in [0.05, 0.1) is 12.5 Å². The van der Waals surface area contributed by atoms with E-state index in [4.69, 9.17) is 10.8 Å². The number of nitrogens with two attached hydrogens (primary N) is 1. The molecule has 1 rings (SSSR count). The number of amides is 3. The quantitative estimate of drug-likeness (QED) is 0.169. The van der Waals surface area contributed by atoms with E-state index >= 15 is 0 Å². The maximum atomic E-state index is 13.1. The third kappa shape index (κ3) is 11.7. The summed E-state index contributed by atoms with van der Waals surface area (Å²) in [4.78, 5) is 61.2. The zero-order chi connectivity index (χ0) is 28.3. The zero-order valence-corrected chi connectivity index (χ0v) is 21.6. The number of carboxylic acids is 2. The van der Waals surface area contributed by atoms with Gasteiger partial charge >= 0.3 is 11.9 Å². The average Bonchev–Trinajstić information content (AvgIpc) is 2.77. The minimum absolute atomic E-state index is 0.0197. The minimum atomic E-state index is -1.36. The van der Waals surface area contributed by atoms with E-state index in [0.29, 0.717) is 5.56 Å². The summed E-state index contributed by atoms with van der Waals surface area (Å²) in [7, 11) is 0. The SMILES string of the molecule is CC(C)CC(NC(=O)C(N)CC(=O)O)C(=O)NC(CC(C)C)C(=O)NC(Cc1ccc(O)cc1)C(=O)O. The molecule has 0 bridgehead atoms. The van der Waals surface area contributed by atoms with E-state index in [2.05, 4.69) is 16.0 Å². The second-order valence-electron chi connectivity index (χ2n) is 9.86. The van der Waals surface area contributed by atoms with Crippen molar-refractivity contribution >= 4 is 29.7 Å². The molecule has 206 valence electrons. The van der Waals surface area contributed by atoms with Gasteiger partial charge in [0.2, 0.25) is 17.7 Å². The van der Waals surface area contributed by atoms with Crippen LogP contribution in [0.5, 0.6) is 5.75 Å². The van der Waals surface area contributed by atoms with Gasteiger partial charge in [0, 0.05) is 6.42 Å². The molecule has 12 nitrogen and oxygen atoms in total. The van der Waals surface area contributed by atoms with Gasteiger partial charge in [0.1, 0.15) is 23.9 Å². The van der Waals surface area contributed by atoms with Crippen LogP contribution in [0.2, 0.25) is 0 Å². The molecule has 0 heterocycles. The van der Waals surface area contributed by atoms with Crippen molar-refractivity contribution in [3.05, 3.63) is 29.8 Å². The Bertz CT molecular complexity index is 949. The number of hydrogen-bond acceptors (Lipinski definition) is 7. The van der Waals surface area contributed by atoms with Crippen molar-refractivity contribution in [1.82, 2.24) is 16.0 Å². The largest absolute Gasteiger partial charge is 0.508 e. The van der Waals surface area contributed by atoms with Gasteiger partial charge in [-0.3, -0.25) is 19.2 Å². The third-order valence-corrected chi connectivity index (χ3v) is 5.40.